The van der Waals surface area contributed by atoms with Crippen LogP contribution in [-0.4, -0.2) is 53.6 Å². The van der Waals surface area contributed by atoms with Gasteiger partial charge < -0.3 is 15.3 Å². The van der Waals surface area contributed by atoms with Crippen molar-refractivity contribution >= 4 is 17.8 Å². The third-order valence-corrected chi connectivity index (χ3v) is 2.82. The van der Waals surface area contributed by atoms with E-state index in [1.807, 2.05) is 0 Å². The summed E-state index contributed by atoms with van der Waals surface area (Å²) in [6.07, 6.45) is -4.61. The number of likely N-dealkylation sites (tertiary alicyclic amines) is 1. The number of alkyl halides is 3. The Hall–Kier alpha value is -1.80. The van der Waals surface area contributed by atoms with E-state index in [0.717, 1.165) is 0 Å². The Morgan fingerprint density at radius 3 is 2.60 bits per heavy atom. The standard InChI is InChI=1S/C11H15F3N2O4/c12-11(13,14)6-16-5-7(4-8(16)17)10(20)15-3-1-2-9(18)19/h7H,1-6H2,(H,15,20)(H,18,19). The van der Waals surface area contributed by atoms with Crippen LogP contribution in [0.4, 0.5) is 13.2 Å². The number of halogens is 3. The van der Waals surface area contributed by atoms with Crippen LogP contribution in [-0.2, 0) is 14.4 Å². The number of nitrogens with one attached hydrogen (secondary N) is 1. The Balaban J connectivity index is 2.36. The quantitative estimate of drug-likeness (QED) is 0.694. The maximum Gasteiger partial charge on any atom is 0.406 e. The van der Waals surface area contributed by atoms with E-state index in [-0.39, 0.29) is 32.4 Å². The van der Waals surface area contributed by atoms with E-state index >= 15 is 0 Å². The molecule has 1 fully saturated rings. The van der Waals surface area contributed by atoms with Crippen LogP contribution in [0.25, 0.3) is 0 Å². The van der Waals surface area contributed by atoms with E-state index < -0.39 is 36.4 Å². The van der Waals surface area contributed by atoms with Gasteiger partial charge in [-0.15, -0.1) is 0 Å². The number of aliphatic carboxylic acids is 1. The SMILES string of the molecule is O=C(O)CCCNC(=O)C1CC(=O)N(CC(F)(F)F)C1. The van der Waals surface area contributed by atoms with Crippen molar-refractivity contribution < 1.29 is 32.7 Å². The molecule has 0 aliphatic carbocycles. The molecule has 2 N–H and O–H groups in total. The molecular weight excluding hydrogens is 281 g/mol. The molecule has 0 saturated carbocycles. The van der Waals surface area contributed by atoms with Gasteiger partial charge in [0, 0.05) is 25.9 Å². The van der Waals surface area contributed by atoms with Gasteiger partial charge in [-0.25, -0.2) is 0 Å². The van der Waals surface area contributed by atoms with Crippen LogP contribution in [0, 0.1) is 5.92 Å². The molecule has 0 aromatic heterocycles. The highest BCUT2D eigenvalue weighted by Gasteiger charge is 2.40. The third-order valence-electron chi connectivity index (χ3n) is 2.82. The Bertz CT molecular complexity index is 398. The highest BCUT2D eigenvalue weighted by Crippen LogP contribution is 2.23. The summed E-state index contributed by atoms with van der Waals surface area (Å²) in [5.74, 6) is -3.03. The lowest BCUT2D eigenvalue weighted by Gasteiger charge is -2.18. The molecule has 0 aromatic rings. The van der Waals surface area contributed by atoms with Gasteiger partial charge >= 0.3 is 12.1 Å². The number of hydrogen-bond acceptors (Lipinski definition) is 3. The molecule has 9 heteroatoms. The van der Waals surface area contributed by atoms with Crippen molar-refractivity contribution in [2.24, 2.45) is 5.92 Å². The van der Waals surface area contributed by atoms with E-state index in [0.29, 0.717) is 4.90 Å². The number of nitrogens with zero attached hydrogens (tertiary/aromatic N) is 1. The zero-order chi connectivity index (χ0) is 15.3. The van der Waals surface area contributed by atoms with Crippen molar-refractivity contribution in [2.75, 3.05) is 19.6 Å². The second kappa shape index (κ2) is 6.58. The number of carbonyl (C=O) groups is 3. The number of rotatable bonds is 6. The summed E-state index contributed by atoms with van der Waals surface area (Å²) in [6, 6.07) is 0. The van der Waals surface area contributed by atoms with E-state index in [1.165, 1.54) is 0 Å². The maximum absolute atomic E-state index is 12.2. The van der Waals surface area contributed by atoms with Gasteiger partial charge in [-0.3, -0.25) is 14.4 Å². The molecule has 1 aliphatic heterocycles. The molecule has 6 nitrogen and oxygen atoms in total. The fourth-order valence-corrected chi connectivity index (χ4v) is 1.91. The average molecular weight is 296 g/mol. The second-order valence-electron chi connectivity index (χ2n) is 4.58. The molecule has 1 unspecified atom stereocenters. The number of carboxylic acid groups (broad SMARTS) is 1. The lowest BCUT2D eigenvalue weighted by Crippen LogP contribution is -2.37. The minimum atomic E-state index is -4.48. The zero-order valence-electron chi connectivity index (χ0n) is 10.6. The minimum absolute atomic E-state index is 0.107. The number of amides is 2. The van der Waals surface area contributed by atoms with Gasteiger partial charge in [0.25, 0.3) is 0 Å². The summed E-state index contributed by atoms with van der Waals surface area (Å²) in [6.45, 7) is -1.49. The Morgan fingerprint density at radius 2 is 2.05 bits per heavy atom. The van der Waals surface area contributed by atoms with Crippen LogP contribution >= 0.6 is 0 Å². The highest BCUT2D eigenvalue weighted by molar-refractivity contribution is 5.89. The first-order valence-electron chi connectivity index (χ1n) is 6.03. The molecule has 1 aliphatic rings. The van der Waals surface area contributed by atoms with Gasteiger partial charge in [-0.1, -0.05) is 0 Å². The largest absolute Gasteiger partial charge is 0.481 e. The predicted octanol–water partition coefficient (Wildman–Crippen LogP) is 0.378. The number of hydrogen-bond donors (Lipinski definition) is 2. The Morgan fingerprint density at radius 1 is 1.40 bits per heavy atom. The van der Waals surface area contributed by atoms with Crippen molar-refractivity contribution in [3.05, 3.63) is 0 Å². The van der Waals surface area contributed by atoms with Gasteiger partial charge in [0.05, 0.1) is 5.92 Å². The minimum Gasteiger partial charge on any atom is -0.481 e. The topological polar surface area (TPSA) is 86.7 Å². The molecule has 1 rings (SSSR count). The van der Waals surface area contributed by atoms with Gasteiger partial charge in [-0.05, 0) is 6.42 Å². The number of carboxylic acids is 1. The van der Waals surface area contributed by atoms with Crippen molar-refractivity contribution in [2.45, 2.75) is 25.4 Å². The van der Waals surface area contributed by atoms with Crippen molar-refractivity contribution in [3.8, 4) is 0 Å². The average Bonchev–Trinajstić information content (AvgIpc) is 2.63. The zero-order valence-corrected chi connectivity index (χ0v) is 10.6. The van der Waals surface area contributed by atoms with E-state index in [1.54, 1.807) is 0 Å². The fourth-order valence-electron chi connectivity index (χ4n) is 1.91. The van der Waals surface area contributed by atoms with Gasteiger partial charge in [0.2, 0.25) is 11.8 Å². The van der Waals surface area contributed by atoms with Gasteiger partial charge in [0.1, 0.15) is 6.54 Å². The van der Waals surface area contributed by atoms with Gasteiger partial charge in [-0.2, -0.15) is 13.2 Å². The molecular formula is C11H15F3N2O4. The molecule has 114 valence electrons. The van der Waals surface area contributed by atoms with Crippen molar-refractivity contribution in [1.29, 1.82) is 0 Å². The summed E-state index contributed by atoms with van der Waals surface area (Å²) in [5.41, 5.74) is 0. The molecule has 0 radical (unpaired) electrons. The lowest BCUT2D eigenvalue weighted by atomic mass is 10.1. The smallest absolute Gasteiger partial charge is 0.406 e. The first-order valence-corrected chi connectivity index (χ1v) is 6.03. The van der Waals surface area contributed by atoms with Crippen molar-refractivity contribution in [1.82, 2.24) is 10.2 Å². The first kappa shape index (κ1) is 16.3. The molecule has 0 spiro atoms. The summed E-state index contributed by atoms with van der Waals surface area (Å²) < 4.78 is 36.5. The Kier molecular flexibility index (Phi) is 5.34. The third kappa shape index (κ3) is 5.45. The normalized spacial score (nSPS) is 19.2. The summed E-state index contributed by atoms with van der Waals surface area (Å²) in [7, 11) is 0. The van der Waals surface area contributed by atoms with E-state index in [9.17, 15) is 27.6 Å². The Labute approximate surface area is 112 Å². The van der Waals surface area contributed by atoms with Crippen molar-refractivity contribution in [3.63, 3.8) is 0 Å². The van der Waals surface area contributed by atoms with Crippen LogP contribution in [0.1, 0.15) is 19.3 Å². The molecule has 0 bridgehead atoms. The fraction of sp³-hybridized carbons (Fsp3) is 0.727. The monoisotopic (exact) mass is 296 g/mol. The summed E-state index contributed by atoms with van der Waals surface area (Å²) in [4.78, 5) is 33.8. The molecule has 1 atom stereocenters. The van der Waals surface area contributed by atoms with Gasteiger partial charge in [0.15, 0.2) is 0 Å². The first-order chi connectivity index (χ1) is 9.19. The molecule has 1 saturated heterocycles. The second-order valence-corrected chi connectivity index (χ2v) is 4.58. The van der Waals surface area contributed by atoms with Crippen LogP contribution in [0.15, 0.2) is 0 Å². The lowest BCUT2D eigenvalue weighted by molar-refractivity contribution is -0.157. The molecule has 1 heterocycles. The predicted molar refractivity (Wildman–Crippen MR) is 60.6 cm³/mol. The molecule has 20 heavy (non-hydrogen) atoms. The number of carbonyl (C=O) groups excluding carboxylic acids is 2. The van der Waals surface area contributed by atoms with E-state index in [4.69, 9.17) is 5.11 Å². The van der Waals surface area contributed by atoms with Crippen LogP contribution in [0.2, 0.25) is 0 Å². The van der Waals surface area contributed by atoms with Crippen LogP contribution in [0.3, 0.4) is 0 Å². The molecule has 2 amide bonds. The summed E-state index contributed by atoms with van der Waals surface area (Å²) in [5, 5.41) is 10.8. The van der Waals surface area contributed by atoms with Crippen LogP contribution in [0.5, 0.6) is 0 Å². The summed E-state index contributed by atoms with van der Waals surface area (Å²) >= 11 is 0. The highest BCUT2D eigenvalue weighted by atomic mass is 19.4. The van der Waals surface area contributed by atoms with E-state index in [2.05, 4.69) is 5.32 Å². The van der Waals surface area contributed by atoms with Crippen LogP contribution < -0.4 is 5.32 Å². The molecule has 0 aromatic carbocycles. The maximum atomic E-state index is 12.2.